The van der Waals surface area contributed by atoms with Crippen molar-refractivity contribution >= 4 is 53.6 Å². The van der Waals surface area contributed by atoms with Gasteiger partial charge < -0.3 is 24.4 Å². The first kappa shape index (κ1) is 38.1. The number of hydrogen-bond donors (Lipinski definition) is 2. The highest BCUT2D eigenvalue weighted by atomic mass is 32.1. The summed E-state index contributed by atoms with van der Waals surface area (Å²) in [6, 6.07) is 13.8. The van der Waals surface area contributed by atoms with Crippen LogP contribution in [0.3, 0.4) is 0 Å². The summed E-state index contributed by atoms with van der Waals surface area (Å²) in [4.78, 5) is 89.7. The number of nitro benzene ring substituents is 3. The van der Waals surface area contributed by atoms with Crippen molar-refractivity contribution in [1.29, 1.82) is 0 Å². The molecule has 3 atom stereocenters. The second-order valence-corrected chi connectivity index (χ2v) is 12.9. The Morgan fingerprint density at radius 1 is 0.698 bits per heavy atom. The summed E-state index contributed by atoms with van der Waals surface area (Å²) in [5.41, 5.74) is 0.469. The lowest BCUT2D eigenvalue weighted by atomic mass is 9.88. The molecule has 2 heterocycles. The Kier molecular flexibility index (Phi) is 11.8. The van der Waals surface area contributed by atoms with Crippen LogP contribution in [0.25, 0.3) is 0 Å². The number of esters is 2. The topological polar surface area (TPSA) is 244 Å². The molecule has 278 valence electrons. The summed E-state index contributed by atoms with van der Waals surface area (Å²) >= 11 is 4.62. The predicted molar refractivity (Wildman–Crippen MR) is 184 cm³/mol. The first-order valence-corrected chi connectivity index (χ1v) is 16.4. The molecule has 3 aromatic rings. The minimum absolute atomic E-state index is 0.191. The van der Waals surface area contributed by atoms with E-state index in [1.165, 1.54) is 77.7 Å². The van der Waals surface area contributed by atoms with Crippen molar-refractivity contribution in [2.24, 2.45) is 5.92 Å². The van der Waals surface area contributed by atoms with Crippen molar-refractivity contribution in [3.63, 3.8) is 0 Å². The van der Waals surface area contributed by atoms with E-state index in [-0.39, 0.29) is 36.8 Å². The highest BCUT2D eigenvalue weighted by Crippen LogP contribution is 2.42. The summed E-state index contributed by atoms with van der Waals surface area (Å²) in [5, 5.41) is 36.3. The van der Waals surface area contributed by atoms with Crippen LogP contribution in [0.1, 0.15) is 16.7 Å². The number of thiol groups is 1. The Morgan fingerprint density at radius 2 is 1.11 bits per heavy atom. The Morgan fingerprint density at radius 3 is 1.55 bits per heavy atom. The largest absolute Gasteiger partial charge is 0.460 e. The fourth-order valence-electron chi connectivity index (χ4n) is 5.83. The molecule has 5 rings (SSSR count). The van der Waals surface area contributed by atoms with Crippen molar-refractivity contribution < 1.29 is 48.2 Å². The standard InChI is InChI=1S/C33H32N6O13S/c40-29(35-15-13-34-14-16-35)28-27(30(41)50-17-21-1-7-24(8-2-21)37(44)45)33(53,31(42)51-18-22-3-9-25(10-4-22)38(46)47)20-36(28)32(43)52-19-23-5-11-26(12-6-23)39(48)49/h1-12,27-28,34,53H,13-20H2/t27?,28-,33+/m0/s1. The maximum atomic E-state index is 14.2. The van der Waals surface area contributed by atoms with E-state index in [1.807, 2.05) is 0 Å². The lowest BCUT2D eigenvalue weighted by Gasteiger charge is -2.34. The van der Waals surface area contributed by atoms with E-state index >= 15 is 0 Å². The highest BCUT2D eigenvalue weighted by molar-refractivity contribution is 7.82. The zero-order valence-electron chi connectivity index (χ0n) is 27.7. The lowest BCUT2D eigenvalue weighted by Crippen LogP contribution is -2.57. The lowest BCUT2D eigenvalue weighted by molar-refractivity contribution is -0.385. The van der Waals surface area contributed by atoms with Crippen LogP contribution in [-0.4, -0.2) is 92.0 Å². The van der Waals surface area contributed by atoms with Gasteiger partial charge in [0, 0.05) is 62.6 Å². The molecule has 20 heteroatoms. The molecule has 0 saturated carbocycles. The third-order valence-electron chi connectivity index (χ3n) is 8.66. The molecular formula is C33H32N6O13S. The van der Waals surface area contributed by atoms with E-state index in [2.05, 4.69) is 17.9 Å². The molecular weight excluding hydrogens is 720 g/mol. The number of benzene rings is 3. The van der Waals surface area contributed by atoms with Gasteiger partial charge in [0.2, 0.25) is 5.91 Å². The Hall–Kier alpha value is -6.15. The van der Waals surface area contributed by atoms with E-state index in [4.69, 9.17) is 14.2 Å². The van der Waals surface area contributed by atoms with Gasteiger partial charge in [0.15, 0.2) is 0 Å². The summed E-state index contributed by atoms with van der Waals surface area (Å²) in [6.45, 7) is -0.664. The van der Waals surface area contributed by atoms with E-state index in [9.17, 15) is 49.5 Å². The monoisotopic (exact) mass is 752 g/mol. The molecule has 3 aromatic carbocycles. The molecule has 53 heavy (non-hydrogen) atoms. The maximum absolute atomic E-state index is 14.2. The van der Waals surface area contributed by atoms with E-state index in [0.29, 0.717) is 29.8 Å². The predicted octanol–water partition coefficient (Wildman–Crippen LogP) is 2.94. The maximum Gasteiger partial charge on any atom is 0.410 e. The minimum atomic E-state index is -2.20. The number of piperazine rings is 1. The summed E-state index contributed by atoms with van der Waals surface area (Å²) in [7, 11) is 0. The fourth-order valence-corrected chi connectivity index (χ4v) is 6.29. The van der Waals surface area contributed by atoms with Gasteiger partial charge >= 0.3 is 18.0 Å². The van der Waals surface area contributed by atoms with E-state index in [1.54, 1.807) is 0 Å². The van der Waals surface area contributed by atoms with Crippen LogP contribution in [0.2, 0.25) is 0 Å². The van der Waals surface area contributed by atoms with Crippen LogP contribution < -0.4 is 5.32 Å². The van der Waals surface area contributed by atoms with Crippen molar-refractivity contribution in [2.75, 3.05) is 32.7 Å². The highest BCUT2D eigenvalue weighted by Gasteiger charge is 2.64. The van der Waals surface area contributed by atoms with Crippen LogP contribution in [0.15, 0.2) is 72.8 Å². The van der Waals surface area contributed by atoms with Gasteiger partial charge in [-0.2, -0.15) is 12.6 Å². The molecule has 0 radical (unpaired) electrons. The van der Waals surface area contributed by atoms with Gasteiger partial charge in [-0.15, -0.1) is 0 Å². The fraction of sp³-hybridized carbons (Fsp3) is 0.333. The van der Waals surface area contributed by atoms with Crippen LogP contribution >= 0.6 is 12.6 Å². The number of nitrogens with zero attached hydrogens (tertiary/aromatic N) is 5. The SMILES string of the molecule is O=C(OCc1ccc([N+](=O)[O-])cc1)C1[C@@H](C(=O)N2CCNCC2)N(C(=O)OCc2ccc([N+](=O)[O-])cc2)C[C@]1(S)C(=O)OCc1ccc([N+](=O)[O-])cc1. The molecule has 2 aliphatic heterocycles. The van der Waals surface area contributed by atoms with Crippen molar-refractivity contribution in [1.82, 2.24) is 15.1 Å². The summed E-state index contributed by atoms with van der Waals surface area (Å²) in [5.74, 6) is -4.68. The van der Waals surface area contributed by atoms with Gasteiger partial charge in [0.25, 0.3) is 17.1 Å². The molecule has 2 amide bonds. The number of nitro groups is 3. The molecule has 0 aromatic heterocycles. The van der Waals surface area contributed by atoms with Gasteiger partial charge in [-0.05, 0) is 53.1 Å². The molecule has 0 spiro atoms. The number of likely N-dealkylation sites (tertiary alicyclic amines) is 1. The number of carbonyl (C=O) groups is 4. The molecule has 1 unspecified atom stereocenters. The Balaban J connectivity index is 1.45. The average Bonchev–Trinajstić information content (AvgIpc) is 3.49. The van der Waals surface area contributed by atoms with Crippen molar-refractivity contribution in [3.05, 3.63) is 120 Å². The third-order valence-corrected chi connectivity index (χ3v) is 9.26. The number of hydrogen-bond acceptors (Lipinski definition) is 15. The molecule has 2 fully saturated rings. The first-order valence-electron chi connectivity index (χ1n) is 16.0. The molecule has 19 nitrogen and oxygen atoms in total. The molecule has 1 N–H and O–H groups in total. The van der Waals surface area contributed by atoms with Crippen LogP contribution in [0.4, 0.5) is 21.9 Å². The van der Waals surface area contributed by atoms with E-state index < -0.39 is 75.2 Å². The van der Waals surface area contributed by atoms with Crippen LogP contribution in [0, 0.1) is 36.3 Å². The van der Waals surface area contributed by atoms with Crippen molar-refractivity contribution in [3.8, 4) is 0 Å². The molecule has 2 saturated heterocycles. The third kappa shape index (κ3) is 8.84. The number of rotatable bonds is 12. The summed E-state index contributed by atoms with van der Waals surface area (Å²) in [6.07, 6.45) is -1.11. The van der Waals surface area contributed by atoms with Gasteiger partial charge in [-0.25, -0.2) is 4.79 Å². The normalized spacial score (nSPS) is 19.6. The Bertz CT molecular complexity index is 1890. The number of nitrogens with one attached hydrogen (secondary N) is 1. The summed E-state index contributed by atoms with van der Waals surface area (Å²) < 4.78 is 14.4. The van der Waals surface area contributed by atoms with Gasteiger partial charge in [0.05, 0.1) is 21.3 Å². The molecule has 0 aliphatic carbocycles. The average molecular weight is 753 g/mol. The number of ether oxygens (including phenoxy) is 3. The molecule has 2 aliphatic rings. The van der Waals surface area contributed by atoms with Gasteiger partial charge in [-0.1, -0.05) is 0 Å². The zero-order chi connectivity index (χ0) is 38.3. The van der Waals surface area contributed by atoms with Crippen LogP contribution in [0.5, 0.6) is 0 Å². The van der Waals surface area contributed by atoms with E-state index in [0.717, 1.165) is 4.90 Å². The zero-order valence-corrected chi connectivity index (χ0v) is 28.6. The second kappa shape index (κ2) is 16.5. The quantitative estimate of drug-likeness (QED) is 0.0889. The number of carbonyl (C=O) groups excluding carboxylic acids is 4. The van der Waals surface area contributed by atoms with Crippen LogP contribution in [-0.2, 0) is 48.4 Å². The number of non-ortho nitro benzene ring substituents is 3. The number of amides is 2. The molecule has 0 bridgehead atoms. The van der Waals surface area contributed by atoms with Crippen molar-refractivity contribution in [2.45, 2.75) is 30.6 Å². The van der Waals surface area contributed by atoms with Gasteiger partial charge in [-0.3, -0.25) is 49.6 Å². The Labute approximate surface area is 305 Å². The smallest absolute Gasteiger partial charge is 0.410 e. The first-order chi connectivity index (χ1) is 25.3. The second-order valence-electron chi connectivity index (χ2n) is 12.1. The minimum Gasteiger partial charge on any atom is -0.460 e. The van der Waals surface area contributed by atoms with Gasteiger partial charge in [0.1, 0.15) is 36.5 Å².